The van der Waals surface area contributed by atoms with E-state index in [1.54, 1.807) is 0 Å². The summed E-state index contributed by atoms with van der Waals surface area (Å²) in [6.07, 6.45) is 7.43. The van der Waals surface area contributed by atoms with Gasteiger partial charge in [0.2, 0.25) is 0 Å². The largest absolute Gasteiger partial charge is 0.481 e. The number of carboxylic acids is 2. The van der Waals surface area contributed by atoms with E-state index in [2.05, 4.69) is 66.0 Å². The minimum absolute atomic E-state index is 0.173. The molecule has 0 aliphatic carbocycles. The molecule has 254 valence electrons. The second kappa shape index (κ2) is 12.7. The Labute approximate surface area is 264 Å². The molecule has 0 saturated carbocycles. The van der Waals surface area contributed by atoms with Crippen molar-refractivity contribution in [2.45, 2.75) is 185 Å². The molecule has 10 heteroatoms. The van der Waals surface area contributed by atoms with Crippen LogP contribution in [0.25, 0.3) is 0 Å². The average Bonchev–Trinajstić information content (AvgIpc) is 3.35. The summed E-state index contributed by atoms with van der Waals surface area (Å²) in [6.45, 7) is 18.0. The van der Waals surface area contributed by atoms with Crippen LogP contribution in [0.15, 0.2) is 0 Å². The molecule has 0 aromatic heterocycles. The van der Waals surface area contributed by atoms with Crippen LogP contribution in [0.2, 0.25) is 0 Å². The van der Waals surface area contributed by atoms with Crippen LogP contribution in [0.3, 0.4) is 0 Å². The summed E-state index contributed by atoms with van der Waals surface area (Å²) >= 11 is 0. The van der Waals surface area contributed by atoms with Gasteiger partial charge in [0.05, 0.1) is 30.8 Å². The predicted molar refractivity (Wildman–Crippen MR) is 167 cm³/mol. The molecule has 4 heterocycles. The fraction of sp³-hybridized carbons (Fsp3) is 0.941. The van der Waals surface area contributed by atoms with Crippen molar-refractivity contribution in [1.29, 1.82) is 0 Å². The zero-order valence-electron chi connectivity index (χ0n) is 28.6. The average molecular weight is 625 g/mol. The molecule has 4 aliphatic heterocycles. The summed E-state index contributed by atoms with van der Waals surface area (Å²) in [6, 6.07) is 0. The van der Waals surface area contributed by atoms with Crippen LogP contribution >= 0.6 is 0 Å². The Morgan fingerprint density at radius 1 is 0.659 bits per heavy atom. The Hall–Kier alpha value is -1.30. The number of nitrogens with one attached hydrogen (secondary N) is 2. The van der Waals surface area contributed by atoms with Crippen molar-refractivity contribution in [3.8, 4) is 0 Å². The van der Waals surface area contributed by atoms with Crippen LogP contribution < -0.4 is 10.6 Å². The summed E-state index contributed by atoms with van der Waals surface area (Å²) in [5, 5.41) is 27.2. The van der Waals surface area contributed by atoms with Gasteiger partial charge in [0, 0.05) is 54.3 Å². The summed E-state index contributed by atoms with van der Waals surface area (Å²) in [4.78, 5) is 24.2. The van der Waals surface area contributed by atoms with E-state index in [-0.39, 0.29) is 40.8 Å². The number of carbonyl (C=O) groups is 2. The van der Waals surface area contributed by atoms with Crippen molar-refractivity contribution in [1.82, 2.24) is 10.6 Å². The Morgan fingerprint density at radius 3 is 1.43 bits per heavy atom. The van der Waals surface area contributed by atoms with Gasteiger partial charge in [0.25, 0.3) is 0 Å². The number of unbranched alkanes of at least 4 members (excludes halogenated alkanes) is 4. The van der Waals surface area contributed by atoms with E-state index in [0.717, 1.165) is 25.7 Å². The zero-order chi connectivity index (χ0) is 32.7. The number of ether oxygens (including phenoxy) is 4. The fourth-order valence-electron chi connectivity index (χ4n) is 9.34. The summed E-state index contributed by atoms with van der Waals surface area (Å²) < 4.78 is 26.3. The van der Waals surface area contributed by atoms with Crippen molar-refractivity contribution in [3.63, 3.8) is 0 Å². The minimum Gasteiger partial charge on any atom is -0.481 e. The Balaban J connectivity index is 1.48. The Kier molecular flexibility index (Phi) is 10.3. The summed E-state index contributed by atoms with van der Waals surface area (Å²) in [5.41, 5.74) is -1.78. The van der Waals surface area contributed by atoms with Crippen LogP contribution in [0.4, 0.5) is 0 Å². The van der Waals surface area contributed by atoms with Crippen molar-refractivity contribution in [2.75, 3.05) is 13.2 Å². The van der Waals surface area contributed by atoms with Gasteiger partial charge in [0.1, 0.15) is 0 Å². The zero-order valence-corrected chi connectivity index (χ0v) is 28.6. The number of hydrogen-bond donors (Lipinski definition) is 4. The lowest BCUT2D eigenvalue weighted by molar-refractivity contribution is -0.220. The quantitative estimate of drug-likeness (QED) is 0.187. The number of aliphatic carboxylic acids is 2. The van der Waals surface area contributed by atoms with E-state index in [9.17, 15) is 14.7 Å². The monoisotopic (exact) mass is 624 g/mol. The van der Waals surface area contributed by atoms with Gasteiger partial charge in [-0.1, -0.05) is 25.7 Å². The van der Waals surface area contributed by atoms with Crippen molar-refractivity contribution >= 4 is 11.9 Å². The molecular formula is C34H60N2O8. The maximum atomic E-state index is 13.3. The highest BCUT2D eigenvalue weighted by Crippen LogP contribution is 2.49. The lowest BCUT2D eigenvalue weighted by Crippen LogP contribution is -2.64. The second-order valence-corrected chi connectivity index (χ2v) is 17.1. The lowest BCUT2D eigenvalue weighted by atomic mass is 9.73. The molecule has 0 aromatic carbocycles. The van der Waals surface area contributed by atoms with Crippen molar-refractivity contribution in [2.24, 2.45) is 5.41 Å². The third kappa shape index (κ3) is 9.16. The molecule has 4 fully saturated rings. The van der Waals surface area contributed by atoms with Crippen LogP contribution in [0.5, 0.6) is 0 Å². The maximum Gasteiger partial charge on any atom is 0.309 e. The van der Waals surface area contributed by atoms with E-state index in [1.165, 1.54) is 0 Å². The molecule has 44 heavy (non-hydrogen) atoms. The highest BCUT2D eigenvalue weighted by molar-refractivity contribution is 5.74. The predicted octanol–water partition coefficient (Wildman–Crippen LogP) is 5.76. The van der Waals surface area contributed by atoms with Crippen molar-refractivity contribution < 1.29 is 38.7 Å². The smallest absolute Gasteiger partial charge is 0.309 e. The molecule has 2 atom stereocenters. The molecule has 0 aromatic rings. The van der Waals surface area contributed by atoms with E-state index >= 15 is 0 Å². The molecule has 4 N–H and O–H groups in total. The van der Waals surface area contributed by atoms with Crippen LogP contribution in [-0.4, -0.2) is 81.3 Å². The molecule has 0 amide bonds. The first-order valence-electron chi connectivity index (χ1n) is 16.8. The number of piperidine rings is 2. The van der Waals surface area contributed by atoms with Crippen LogP contribution in [0, 0.1) is 5.41 Å². The molecular weight excluding hydrogens is 564 g/mol. The maximum absolute atomic E-state index is 13.3. The standard InChI is InChI=1S/C34H60N2O8/c1-28(2)20-33(21-29(3,4)35-28)41-18-24(43-33)16-32(27(39)40,15-13-11-9-10-12-14-26(37)38)17-25-19-42-34(44-25)22-30(5,6)36-31(7,8)23-34/h24-25,35-36H,9-23H2,1-8H3,(H,37,38)(H,39,40). The SMILES string of the molecule is CC1(C)CC2(CC(C)(C)N1)OCC(CC(CCCCCCCC(=O)O)(CC1COC3(CC(C)(C)NC(C)(C)C3)O1)C(=O)O)O2. The first-order valence-corrected chi connectivity index (χ1v) is 16.8. The molecule has 0 bridgehead atoms. The van der Waals surface area contributed by atoms with Crippen molar-refractivity contribution in [3.05, 3.63) is 0 Å². The van der Waals surface area contributed by atoms with Gasteiger partial charge in [-0.05, 0) is 81.1 Å². The first-order chi connectivity index (χ1) is 20.2. The third-order valence-corrected chi connectivity index (χ3v) is 9.76. The molecule has 4 rings (SSSR count). The molecule has 4 saturated heterocycles. The van der Waals surface area contributed by atoms with Gasteiger partial charge >= 0.3 is 11.9 Å². The molecule has 4 aliphatic rings. The number of carboxylic acid groups (broad SMARTS) is 2. The fourth-order valence-corrected chi connectivity index (χ4v) is 9.34. The van der Waals surface area contributed by atoms with Gasteiger partial charge < -0.3 is 39.8 Å². The van der Waals surface area contributed by atoms with E-state index in [4.69, 9.17) is 24.1 Å². The normalized spacial score (nSPS) is 30.7. The van der Waals surface area contributed by atoms with Gasteiger partial charge in [0.15, 0.2) is 11.6 Å². The molecule has 0 radical (unpaired) electrons. The van der Waals surface area contributed by atoms with Gasteiger partial charge in [-0.15, -0.1) is 0 Å². The van der Waals surface area contributed by atoms with E-state index in [0.29, 0.717) is 64.6 Å². The third-order valence-electron chi connectivity index (χ3n) is 9.76. The van der Waals surface area contributed by atoms with Gasteiger partial charge in [-0.3, -0.25) is 9.59 Å². The van der Waals surface area contributed by atoms with E-state index in [1.807, 2.05) is 0 Å². The highest BCUT2D eigenvalue weighted by Gasteiger charge is 2.57. The molecule has 10 nitrogen and oxygen atoms in total. The summed E-state index contributed by atoms with van der Waals surface area (Å²) in [5.74, 6) is -3.07. The Morgan fingerprint density at radius 2 is 1.05 bits per heavy atom. The number of hydrogen-bond acceptors (Lipinski definition) is 8. The summed E-state index contributed by atoms with van der Waals surface area (Å²) in [7, 11) is 0. The van der Waals surface area contributed by atoms with Crippen LogP contribution in [0.1, 0.15) is 139 Å². The first kappa shape index (κ1) is 35.6. The molecule has 2 spiro atoms. The molecule has 2 unspecified atom stereocenters. The van der Waals surface area contributed by atoms with Crippen LogP contribution in [-0.2, 0) is 28.5 Å². The van der Waals surface area contributed by atoms with Gasteiger partial charge in [-0.2, -0.15) is 0 Å². The van der Waals surface area contributed by atoms with E-state index < -0.39 is 28.9 Å². The minimum atomic E-state index is -1.06. The van der Waals surface area contributed by atoms with Gasteiger partial charge in [-0.25, -0.2) is 0 Å². The lowest BCUT2D eigenvalue weighted by Gasteiger charge is -2.50. The Bertz CT molecular complexity index is 948. The highest BCUT2D eigenvalue weighted by atomic mass is 16.8. The number of rotatable bonds is 13. The second-order valence-electron chi connectivity index (χ2n) is 17.1. The topological polar surface area (TPSA) is 136 Å².